The molecule has 0 fully saturated rings. The molecule has 0 aliphatic carbocycles. The molecule has 0 spiro atoms. The number of aliphatic hydroxyl groups is 1. The van der Waals surface area contributed by atoms with Crippen LogP contribution in [0, 0.1) is 6.92 Å². The topological polar surface area (TPSA) is 156 Å². The molecule has 2 aromatic heterocycles. The van der Waals surface area contributed by atoms with Gasteiger partial charge in [0.2, 0.25) is 5.89 Å². The maximum Gasteiger partial charge on any atom is 0.360 e. The largest absolute Gasteiger partial charge is 0.497 e. The van der Waals surface area contributed by atoms with Gasteiger partial charge in [0.25, 0.3) is 11.8 Å². The van der Waals surface area contributed by atoms with Gasteiger partial charge >= 0.3 is 5.97 Å². The summed E-state index contributed by atoms with van der Waals surface area (Å²) >= 11 is 1.45. The molecule has 0 aliphatic rings. The Labute approximate surface area is 294 Å². The lowest BCUT2D eigenvalue weighted by molar-refractivity contribution is 0.0593. The number of methoxy groups -OCH3 is 2. The lowest BCUT2D eigenvalue weighted by Crippen LogP contribution is -2.48. The van der Waals surface area contributed by atoms with Gasteiger partial charge < -0.3 is 34.5 Å². The number of rotatable bonds is 15. The van der Waals surface area contributed by atoms with E-state index in [0.717, 1.165) is 33.8 Å². The van der Waals surface area contributed by atoms with Crippen molar-refractivity contribution in [1.29, 1.82) is 0 Å². The van der Waals surface area contributed by atoms with E-state index in [2.05, 4.69) is 20.6 Å². The smallest absolute Gasteiger partial charge is 0.360 e. The third kappa shape index (κ3) is 9.41. The Kier molecular flexibility index (Phi) is 12.1. The van der Waals surface area contributed by atoms with Gasteiger partial charge in [0, 0.05) is 47.9 Å². The van der Waals surface area contributed by atoms with E-state index in [9.17, 15) is 19.5 Å². The van der Waals surface area contributed by atoms with Gasteiger partial charge in [-0.3, -0.25) is 9.59 Å². The summed E-state index contributed by atoms with van der Waals surface area (Å²) in [7, 11) is 4.48. The minimum Gasteiger partial charge on any atom is -0.497 e. The number of amides is 2. The van der Waals surface area contributed by atoms with Crippen molar-refractivity contribution in [1.82, 2.24) is 25.5 Å². The normalized spacial score (nSPS) is 12.2. The van der Waals surface area contributed by atoms with Gasteiger partial charge in [0.15, 0.2) is 5.69 Å². The van der Waals surface area contributed by atoms with Crippen molar-refractivity contribution < 1.29 is 33.4 Å². The highest BCUT2D eigenvalue weighted by Gasteiger charge is 2.25. The predicted molar refractivity (Wildman–Crippen MR) is 188 cm³/mol. The van der Waals surface area contributed by atoms with Crippen LogP contribution in [0.3, 0.4) is 0 Å². The molecule has 13 heteroatoms. The van der Waals surface area contributed by atoms with Crippen molar-refractivity contribution in [3.05, 3.63) is 123 Å². The Morgan fingerprint density at radius 2 is 1.74 bits per heavy atom. The quantitative estimate of drug-likeness (QED) is 0.132. The first-order valence-corrected chi connectivity index (χ1v) is 16.7. The van der Waals surface area contributed by atoms with Crippen LogP contribution in [-0.4, -0.2) is 77.7 Å². The standard InChI is InChI=1S/C37H39N5O7S/c1-23-22-50-33(39-23)20-42(2)36(45)28-16-26(15-27(17-28)35-41-31(21-49-35)37(46)48-4)34(44)40-30(14-24-9-6-5-7-10-24)32(43)19-38-18-25-11-8-12-29(13-25)47-3/h5-13,15-17,21-22,30,32,38,43H,14,18-20H2,1-4H3,(H,40,44)/t30?,32-/m1/s1. The molecule has 2 atom stereocenters. The van der Waals surface area contributed by atoms with Gasteiger partial charge in [-0.2, -0.15) is 0 Å². The number of carbonyl (C=O) groups excluding carboxylic acids is 3. The summed E-state index contributed by atoms with van der Waals surface area (Å²) in [6.45, 7) is 2.81. The summed E-state index contributed by atoms with van der Waals surface area (Å²) < 4.78 is 15.6. The molecule has 50 heavy (non-hydrogen) atoms. The summed E-state index contributed by atoms with van der Waals surface area (Å²) in [5, 5.41) is 20.3. The van der Waals surface area contributed by atoms with E-state index >= 15 is 0 Å². The molecule has 1 unspecified atom stereocenters. The molecule has 0 radical (unpaired) electrons. The van der Waals surface area contributed by atoms with Crippen LogP contribution in [0.25, 0.3) is 11.5 Å². The Morgan fingerprint density at radius 3 is 2.46 bits per heavy atom. The monoisotopic (exact) mass is 697 g/mol. The molecule has 2 amide bonds. The zero-order chi connectivity index (χ0) is 35.6. The molecular formula is C37H39N5O7S. The predicted octanol–water partition coefficient (Wildman–Crippen LogP) is 4.67. The molecule has 2 heterocycles. The van der Waals surface area contributed by atoms with Crippen molar-refractivity contribution in [3.63, 3.8) is 0 Å². The zero-order valence-corrected chi connectivity index (χ0v) is 29.0. The lowest BCUT2D eigenvalue weighted by atomic mass is 9.99. The number of ether oxygens (including phenoxy) is 2. The fourth-order valence-electron chi connectivity index (χ4n) is 5.27. The number of nitrogens with zero attached hydrogens (tertiary/aromatic N) is 3. The fraction of sp³-hybridized carbons (Fsp3) is 0.270. The van der Waals surface area contributed by atoms with Crippen LogP contribution < -0.4 is 15.4 Å². The second-order valence-corrected chi connectivity index (χ2v) is 12.6. The van der Waals surface area contributed by atoms with Crippen molar-refractivity contribution in [2.45, 2.75) is 38.6 Å². The first-order chi connectivity index (χ1) is 24.1. The number of aromatic nitrogens is 2. The molecule has 5 aromatic rings. The Balaban J connectivity index is 1.41. The van der Waals surface area contributed by atoms with Crippen LogP contribution >= 0.6 is 11.3 Å². The first kappa shape index (κ1) is 35.9. The van der Waals surface area contributed by atoms with Gasteiger partial charge in [-0.05, 0) is 54.8 Å². The lowest BCUT2D eigenvalue weighted by Gasteiger charge is -2.25. The van der Waals surface area contributed by atoms with Crippen molar-refractivity contribution in [2.24, 2.45) is 0 Å². The molecule has 0 bridgehead atoms. The molecule has 3 aromatic carbocycles. The highest BCUT2D eigenvalue weighted by molar-refractivity contribution is 7.09. The van der Waals surface area contributed by atoms with Crippen LogP contribution in [0.5, 0.6) is 5.75 Å². The van der Waals surface area contributed by atoms with E-state index in [1.54, 1.807) is 20.2 Å². The van der Waals surface area contributed by atoms with E-state index in [0.29, 0.717) is 18.5 Å². The molecule has 0 saturated carbocycles. The first-order valence-electron chi connectivity index (χ1n) is 15.9. The molecule has 3 N–H and O–H groups in total. The summed E-state index contributed by atoms with van der Waals surface area (Å²) in [6, 6.07) is 21.0. The second-order valence-electron chi connectivity index (χ2n) is 11.7. The maximum atomic E-state index is 14.0. The average Bonchev–Trinajstić information content (AvgIpc) is 3.80. The van der Waals surface area contributed by atoms with Gasteiger partial charge in [-0.25, -0.2) is 14.8 Å². The van der Waals surface area contributed by atoms with Crippen molar-refractivity contribution in [2.75, 3.05) is 27.8 Å². The number of aliphatic hydroxyl groups excluding tert-OH is 1. The van der Waals surface area contributed by atoms with Crippen LogP contribution in [0.15, 0.2) is 88.9 Å². The van der Waals surface area contributed by atoms with E-state index < -0.39 is 24.0 Å². The second kappa shape index (κ2) is 16.8. The average molecular weight is 698 g/mol. The summed E-state index contributed by atoms with van der Waals surface area (Å²) in [4.78, 5) is 50.0. The third-order valence-electron chi connectivity index (χ3n) is 7.87. The summed E-state index contributed by atoms with van der Waals surface area (Å²) in [6.07, 6.45) is 0.520. The van der Waals surface area contributed by atoms with Gasteiger partial charge in [0.1, 0.15) is 17.0 Å². The third-order valence-corrected chi connectivity index (χ3v) is 8.82. The Morgan fingerprint density at radius 1 is 0.980 bits per heavy atom. The zero-order valence-electron chi connectivity index (χ0n) is 28.2. The minimum absolute atomic E-state index is 0.0231. The fourth-order valence-corrected chi connectivity index (χ4v) is 6.10. The van der Waals surface area contributed by atoms with Gasteiger partial charge in [-0.1, -0.05) is 42.5 Å². The molecule has 0 aliphatic heterocycles. The molecule has 260 valence electrons. The summed E-state index contributed by atoms with van der Waals surface area (Å²) in [5.74, 6) is -0.825. The van der Waals surface area contributed by atoms with Gasteiger partial charge in [0.05, 0.1) is 32.9 Å². The number of hydrogen-bond acceptors (Lipinski definition) is 11. The highest BCUT2D eigenvalue weighted by Crippen LogP contribution is 2.25. The van der Waals surface area contributed by atoms with Gasteiger partial charge in [-0.15, -0.1) is 11.3 Å². The number of carbonyl (C=O) groups is 3. The van der Waals surface area contributed by atoms with E-state index in [-0.39, 0.29) is 41.7 Å². The number of hydrogen-bond donors (Lipinski definition) is 3. The molecule has 0 saturated heterocycles. The number of aryl methyl sites for hydroxylation is 1. The van der Waals surface area contributed by atoms with E-state index in [4.69, 9.17) is 13.9 Å². The number of benzene rings is 3. The highest BCUT2D eigenvalue weighted by atomic mass is 32.1. The molecular weight excluding hydrogens is 659 g/mol. The summed E-state index contributed by atoms with van der Waals surface area (Å²) in [5.41, 5.74) is 3.33. The van der Waals surface area contributed by atoms with Crippen LogP contribution in [0.1, 0.15) is 53.0 Å². The SMILES string of the molecule is COC(=O)c1coc(-c2cc(C(=O)NC(Cc3ccccc3)[C@H](O)CNCc3cccc(OC)c3)cc(C(=O)N(C)Cc3nc(C)cs3)c2)n1. The Hall–Kier alpha value is -5.37. The van der Waals surface area contributed by atoms with E-state index in [1.165, 1.54) is 35.5 Å². The van der Waals surface area contributed by atoms with Crippen LogP contribution in [0.4, 0.5) is 0 Å². The number of esters is 1. The van der Waals surface area contributed by atoms with Crippen LogP contribution in [-0.2, 0) is 24.2 Å². The molecule has 12 nitrogen and oxygen atoms in total. The maximum absolute atomic E-state index is 14.0. The van der Waals surface area contributed by atoms with E-state index in [1.807, 2.05) is 66.9 Å². The Bertz CT molecular complexity index is 1930. The van der Waals surface area contributed by atoms with Crippen LogP contribution in [0.2, 0.25) is 0 Å². The number of thiazole rings is 1. The molecule has 5 rings (SSSR count). The van der Waals surface area contributed by atoms with Crippen molar-refractivity contribution >= 4 is 29.1 Å². The minimum atomic E-state index is -0.976. The number of nitrogens with one attached hydrogen (secondary N) is 2. The number of oxazole rings is 1. The van der Waals surface area contributed by atoms with Crippen molar-refractivity contribution in [3.8, 4) is 17.2 Å².